The minimum atomic E-state index is -3.28. The predicted molar refractivity (Wildman–Crippen MR) is 104 cm³/mol. The zero-order valence-corrected chi connectivity index (χ0v) is 16.4. The molecule has 0 saturated carbocycles. The van der Waals surface area contributed by atoms with Crippen molar-refractivity contribution in [1.82, 2.24) is 14.7 Å². The number of unbranched alkanes of at least 4 members (excludes halogenated alkanes) is 1. The minimum Gasteiger partial charge on any atom is -0.290 e. The fourth-order valence-corrected chi connectivity index (χ4v) is 4.59. The molecule has 1 aromatic heterocycles. The second-order valence-electron chi connectivity index (χ2n) is 6.86. The Bertz CT molecular complexity index is 948. The van der Waals surface area contributed by atoms with Gasteiger partial charge in [-0.1, -0.05) is 13.3 Å². The summed E-state index contributed by atoms with van der Waals surface area (Å²) in [6, 6.07) is 5.03. The molecule has 0 bridgehead atoms. The molecule has 0 spiro atoms. The Labute approximate surface area is 163 Å². The summed E-state index contributed by atoms with van der Waals surface area (Å²) in [5.74, 6) is -0.522. The molecule has 28 heavy (non-hydrogen) atoms. The summed E-state index contributed by atoms with van der Waals surface area (Å²) in [4.78, 5) is 20.7. The number of nitrogens with one attached hydrogen (secondary N) is 2. The first-order valence-electron chi connectivity index (χ1n) is 9.28. The average Bonchev–Trinajstić information content (AvgIpc) is 2.66. The van der Waals surface area contributed by atoms with Gasteiger partial charge in [-0.2, -0.15) is 0 Å². The summed E-state index contributed by atoms with van der Waals surface area (Å²) in [6.45, 7) is 1.95. The van der Waals surface area contributed by atoms with E-state index in [9.17, 15) is 17.6 Å². The van der Waals surface area contributed by atoms with Crippen LogP contribution in [0.5, 0.6) is 0 Å². The number of sulfonamides is 1. The number of aryl methyl sites for hydroxylation is 1. The quantitative estimate of drug-likeness (QED) is 0.736. The van der Waals surface area contributed by atoms with Crippen molar-refractivity contribution in [3.8, 4) is 0 Å². The van der Waals surface area contributed by atoms with Crippen LogP contribution in [0.25, 0.3) is 0 Å². The number of aromatic nitrogens is 2. The molecule has 1 atom stereocenters. The number of hydrogen-bond donors (Lipinski definition) is 2. The first-order chi connectivity index (χ1) is 13.4. The van der Waals surface area contributed by atoms with Crippen molar-refractivity contribution in [2.24, 2.45) is 0 Å². The Morgan fingerprint density at radius 2 is 2.04 bits per heavy atom. The number of hydrogen-bond acceptors (Lipinski definition) is 5. The normalized spacial score (nSPS) is 16.4. The van der Waals surface area contributed by atoms with Crippen LogP contribution in [0.3, 0.4) is 0 Å². The Kier molecular flexibility index (Phi) is 6.35. The van der Waals surface area contributed by atoms with Gasteiger partial charge in [-0.3, -0.25) is 10.1 Å². The third-order valence-electron chi connectivity index (χ3n) is 4.59. The molecule has 1 unspecified atom stereocenters. The minimum absolute atomic E-state index is 0.137. The van der Waals surface area contributed by atoms with Crippen LogP contribution >= 0.6 is 0 Å². The van der Waals surface area contributed by atoms with Crippen molar-refractivity contribution < 1.29 is 17.6 Å². The molecule has 7 nitrogen and oxygen atoms in total. The van der Waals surface area contributed by atoms with Gasteiger partial charge in [0, 0.05) is 23.5 Å². The molecule has 1 heterocycles. The Morgan fingerprint density at radius 3 is 2.75 bits per heavy atom. The largest absolute Gasteiger partial charge is 0.290 e. The molecule has 0 radical (unpaired) electrons. The second-order valence-corrected chi connectivity index (χ2v) is 8.73. The summed E-state index contributed by atoms with van der Waals surface area (Å²) in [5, 5.41) is 2.61. The van der Waals surface area contributed by atoms with Gasteiger partial charge in [-0.15, -0.1) is 0 Å². The van der Waals surface area contributed by atoms with E-state index in [-0.39, 0.29) is 17.7 Å². The van der Waals surface area contributed by atoms with E-state index in [4.69, 9.17) is 0 Å². The van der Waals surface area contributed by atoms with Crippen LogP contribution in [0.15, 0.2) is 30.5 Å². The van der Waals surface area contributed by atoms with Gasteiger partial charge in [0.1, 0.15) is 5.82 Å². The average molecular weight is 406 g/mol. The Balaban J connectivity index is 1.63. The highest BCUT2D eigenvalue weighted by Crippen LogP contribution is 2.21. The van der Waals surface area contributed by atoms with Crippen molar-refractivity contribution in [2.45, 2.75) is 45.1 Å². The van der Waals surface area contributed by atoms with Crippen LogP contribution in [0, 0.1) is 5.82 Å². The lowest BCUT2D eigenvalue weighted by Gasteiger charge is -2.24. The third-order valence-corrected chi connectivity index (χ3v) is 6.11. The summed E-state index contributed by atoms with van der Waals surface area (Å²) >= 11 is 0. The van der Waals surface area contributed by atoms with Gasteiger partial charge in [-0.25, -0.2) is 27.5 Å². The van der Waals surface area contributed by atoms with E-state index in [1.54, 1.807) is 6.20 Å². The molecule has 0 saturated heterocycles. The molecule has 1 aliphatic carbocycles. The maximum Gasteiger partial charge on any atom is 0.258 e. The van der Waals surface area contributed by atoms with E-state index in [0.29, 0.717) is 31.2 Å². The van der Waals surface area contributed by atoms with Gasteiger partial charge in [0.25, 0.3) is 5.91 Å². The van der Waals surface area contributed by atoms with Crippen LogP contribution in [-0.2, 0) is 22.9 Å². The summed E-state index contributed by atoms with van der Waals surface area (Å²) < 4.78 is 39.9. The highest BCUT2D eigenvalue weighted by atomic mass is 32.2. The lowest BCUT2D eigenvalue weighted by Crippen LogP contribution is -2.40. The number of fused-ring (bicyclic) bond motifs is 1. The zero-order chi connectivity index (χ0) is 20.1. The zero-order valence-electron chi connectivity index (χ0n) is 15.6. The van der Waals surface area contributed by atoms with E-state index in [0.717, 1.165) is 17.7 Å². The molecule has 9 heteroatoms. The standard InChI is InChI=1S/C19H23FN4O3S/c1-2-3-10-28(26,27)24-16-8-9-17-14(11-16)12-21-19(22-17)23-18(25)13-4-6-15(20)7-5-13/h4-7,12,16,24H,2-3,8-11H2,1H3,(H,21,22,23,25). The number of halogens is 1. The lowest BCUT2D eigenvalue weighted by atomic mass is 9.94. The van der Waals surface area contributed by atoms with Crippen molar-refractivity contribution in [1.29, 1.82) is 0 Å². The molecule has 1 aliphatic rings. The Hall–Kier alpha value is -2.39. The summed E-state index contributed by atoms with van der Waals surface area (Å²) in [6.07, 6.45) is 4.84. The number of carbonyl (C=O) groups is 1. The number of nitrogens with zero attached hydrogens (tertiary/aromatic N) is 2. The molecule has 150 valence electrons. The van der Waals surface area contributed by atoms with Gasteiger partial charge in [0.2, 0.25) is 16.0 Å². The molecule has 1 amide bonds. The molecule has 1 aromatic carbocycles. The van der Waals surface area contributed by atoms with E-state index >= 15 is 0 Å². The van der Waals surface area contributed by atoms with E-state index in [1.165, 1.54) is 24.3 Å². The smallest absolute Gasteiger partial charge is 0.258 e. The van der Waals surface area contributed by atoms with Crippen molar-refractivity contribution in [3.05, 3.63) is 53.1 Å². The molecular weight excluding hydrogens is 383 g/mol. The van der Waals surface area contributed by atoms with Gasteiger partial charge in [-0.05, 0) is 55.5 Å². The van der Waals surface area contributed by atoms with Gasteiger partial charge < -0.3 is 0 Å². The van der Waals surface area contributed by atoms with E-state index in [1.807, 2.05) is 6.92 Å². The summed E-state index contributed by atoms with van der Waals surface area (Å²) in [5.41, 5.74) is 1.98. The molecule has 2 aromatic rings. The van der Waals surface area contributed by atoms with Gasteiger partial charge in [0.05, 0.1) is 5.75 Å². The monoisotopic (exact) mass is 406 g/mol. The Morgan fingerprint density at radius 1 is 1.29 bits per heavy atom. The van der Waals surface area contributed by atoms with Crippen molar-refractivity contribution in [2.75, 3.05) is 11.1 Å². The van der Waals surface area contributed by atoms with E-state index < -0.39 is 21.7 Å². The number of amides is 1. The first kappa shape index (κ1) is 20.3. The number of rotatable bonds is 7. The second kappa shape index (κ2) is 8.74. The number of carbonyl (C=O) groups excluding carboxylic acids is 1. The fraction of sp³-hybridized carbons (Fsp3) is 0.421. The number of benzene rings is 1. The maximum absolute atomic E-state index is 13.0. The topological polar surface area (TPSA) is 101 Å². The molecule has 2 N–H and O–H groups in total. The maximum atomic E-state index is 13.0. The highest BCUT2D eigenvalue weighted by molar-refractivity contribution is 7.89. The number of anilines is 1. The predicted octanol–water partition coefficient (Wildman–Crippen LogP) is 2.44. The molecular formula is C19H23FN4O3S. The lowest BCUT2D eigenvalue weighted by molar-refractivity contribution is 0.102. The van der Waals surface area contributed by atoms with E-state index in [2.05, 4.69) is 20.0 Å². The molecule has 0 aliphatic heterocycles. The first-order valence-corrected chi connectivity index (χ1v) is 10.9. The van der Waals surface area contributed by atoms with Crippen molar-refractivity contribution >= 4 is 21.9 Å². The van der Waals surface area contributed by atoms with Crippen LogP contribution in [0.4, 0.5) is 10.3 Å². The SMILES string of the molecule is CCCCS(=O)(=O)NC1CCc2nc(NC(=O)c3ccc(F)cc3)ncc2C1. The van der Waals surface area contributed by atoms with Crippen LogP contribution < -0.4 is 10.0 Å². The summed E-state index contributed by atoms with van der Waals surface area (Å²) in [7, 11) is -3.28. The molecule has 0 fully saturated rings. The third kappa shape index (κ3) is 5.32. The van der Waals surface area contributed by atoms with Crippen LogP contribution in [0.1, 0.15) is 47.8 Å². The highest BCUT2D eigenvalue weighted by Gasteiger charge is 2.24. The van der Waals surface area contributed by atoms with Gasteiger partial charge >= 0.3 is 0 Å². The van der Waals surface area contributed by atoms with Crippen LogP contribution in [0.2, 0.25) is 0 Å². The fourth-order valence-electron chi connectivity index (χ4n) is 3.09. The van der Waals surface area contributed by atoms with Crippen molar-refractivity contribution in [3.63, 3.8) is 0 Å². The van der Waals surface area contributed by atoms with Crippen LogP contribution in [-0.4, -0.2) is 36.1 Å². The molecule has 3 rings (SSSR count). The van der Waals surface area contributed by atoms with Gasteiger partial charge in [0.15, 0.2) is 0 Å².